The minimum Gasteiger partial charge on any atom is -0.334 e. The van der Waals surface area contributed by atoms with E-state index in [2.05, 4.69) is 0 Å². The van der Waals surface area contributed by atoms with E-state index < -0.39 is 12.4 Å². The minimum absolute atomic E-state index is 0.00979. The normalized spacial score (nSPS) is 21.2. The van der Waals surface area contributed by atoms with Gasteiger partial charge in [0.2, 0.25) is 0 Å². The van der Waals surface area contributed by atoms with Gasteiger partial charge < -0.3 is 4.90 Å². The van der Waals surface area contributed by atoms with E-state index >= 15 is 0 Å². The molecule has 2 aliphatic rings. The van der Waals surface area contributed by atoms with Gasteiger partial charge in [-0.2, -0.15) is 0 Å². The Morgan fingerprint density at radius 1 is 0.731 bits per heavy atom. The van der Waals surface area contributed by atoms with E-state index in [1.54, 1.807) is 4.90 Å². The van der Waals surface area contributed by atoms with Crippen molar-refractivity contribution < 1.29 is 9.60 Å². The van der Waals surface area contributed by atoms with Gasteiger partial charge in [-0.05, 0) is 91.1 Å². The predicted octanol–water partition coefficient (Wildman–Crippen LogP) is 13.2. The van der Waals surface area contributed by atoms with Gasteiger partial charge in [0.05, 0.1) is 14.3 Å². The van der Waals surface area contributed by atoms with Crippen LogP contribution >= 0.6 is 0 Å². The van der Waals surface area contributed by atoms with Crippen LogP contribution < -0.4 is 4.90 Å². The van der Waals surface area contributed by atoms with Crippen LogP contribution in [0.1, 0.15) is 44.2 Å². The van der Waals surface area contributed by atoms with Crippen LogP contribution in [0.25, 0.3) is 44.3 Å². The quantitative estimate of drug-likeness (QED) is 0.115. The molecule has 0 bridgehead atoms. The summed E-state index contributed by atoms with van der Waals surface area (Å²) in [5, 5.41) is 3.72. The Hall–Kier alpha value is -6.44. The monoisotopic (exact) mass is 672 g/mol. The lowest BCUT2D eigenvalue weighted by Gasteiger charge is -2.36. The summed E-state index contributed by atoms with van der Waals surface area (Å²) in [6, 6.07) is 50.6. The SMILES string of the molecule is [2H]C=C([2H])/C(=C(/[2H])C1=Cc2ccccc2C1c1ccccc1)N(c1ccccc1-c1ccccc1)C1C([2H])=C([2H])C(c2cc3ccccc3c3ccccc23)=C([2H])C1[2H]. The van der Waals surface area contributed by atoms with Crippen LogP contribution in [0, 0.1) is 0 Å². The van der Waals surface area contributed by atoms with E-state index in [9.17, 15) is 8.22 Å². The maximum atomic E-state index is 10.1. The smallest absolute Gasteiger partial charge is 0.0648 e. The molecule has 2 aliphatic carbocycles. The van der Waals surface area contributed by atoms with Crippen LogP contribution in [0.15, 0.2) is 212 Å². The van der Waals surface area contributed by atoms with Gasteiger partial charge >= 0.3 is 0 Å². The maximum Gasteiger partial charge on any atom is 0.0648 e. The fourth-order valence-corrected chi connectivity index (χ4v) is 7.63. The topological polar surface area (TPSA) is 3.24 Å². The Balaban J connectivity index is 1.31. The molecule has 0 fully saturated rings. The fraction of sp³-hybridized carbons (Fsp3) is 0.0588. The Labute approximate surface area is 316 Å². The van der Waals surface area contributed by atoms with E-state index in [1.165, 1.54) is 0 Å². The molecule has 7 aromatic rings. The molecule has 0 amide bonds. The van der Waals surface area contributed by atoms with Gasteiger partial charge in [0.15, 0.2) is 0 Å². The first-order valence-electron chi connectivity index (χ1n) is 21.2. The van der Waals surface area contributed by atoms with Crippen molar-refractivity contribution in [1.82, 2.24) is 0 Å². The van der Waals surface area contributed by atoms with E-state index in [4.69, 9.17) is 1.37 Å². The third-order valence-corrected chi connectivity index (χ3v) is 10.00. The highest BCUT2D eigenvalue weighted by molar-refractivity contribution is 6.12. The number of allylic oxidation sites excluding steroid dienone is 5. The molecule has 0 heterocycles. The number of benzene rings is 7. The highest BCUT2D eigenvalue weighted by Crippen LogP contribution is 2.44. The van der Waals surface area contributed by atoms with Crippen LogP contribution in [0.5, 0.6) is 0 Å². The summed E-state index contributed by atoms with van der Waals surface area (Å²) in [7, 11) is 0. The Morgan fingerprint density at radius 3 is 2.27 bits per heavy atom. The zero-order valence-corrected chi connectivity index (χ0v) is 28.4. The molecule has 7 aromatic carbocycles. The Bertz CT molecular complexity index is 2930. The minimum atomic E-state index is -1.43. The van der Waals surface area contributed by atoms with Crippen molar-refractivity contribution in [1.29, 1.82) is 0 Å². The van der Waals surface area contributed by atoms with Gasteiger partial charge in [0.25, 0.3) is 0 Å². The molecule has 52 heavy (non-hydrogen) atoms. The van der Waals surface area contributed by atoms with Gasteiger partial charge in [-0.15, -0.1) is 0 Å². The summed E-state index contributed by atoms with van der Waals surface area (Å²) in [5.41, 5.74) is 6.37. The summed E-state index contributed by atoms with van der Waals surface area (Å²) < 4.78 is 67.3. The lowest BCUT2D eigenvalue weighted by molar-refractivity contribution is 0.764. The Kier molecular flexibility index (Phi) is 6.50. The van der Waals surface area contributed by atoms with Crippen molar-refractivity contribution in [2.75, 3.05) is 4.90 Å². The van der Waals surface area contributed by atoms with Gasteiger partial charge in [0, 0.05) is 24.2 Å². The Morgan fingerprint density at radius 2 is 1.42 bits per heavy atom. The molecule has 9 rings (SSSR count). The van der Waals surface area contributed by atoms with Crippen molar-refractivity contribution in [3.63, 3.8) is 0 Å². The van der Waals surface area contributed by atoms with Gasteiger partial charge in [0.1, 0.15) is 0 Å². The van der Waals surface area contributed by atoms with Gasteiger partial charge in [-0.25, -0.2) is 0 Å². The van der Waals surface area contributed by atoms with Crippen molar-refractivity contribution >= 4 is 38.9 Å². The molecule has 1 heteroatoms. The molecule has 1 nitrogen and oxygen atoms in total. The number of fused-ring (bicyclic) bond motifs is 4. The second-order valence-electron chi connectivity index (χ2n) is 13.0. The van der Waals surface area contributed by atoms with Crippen LogP contribution in [-0.4, -0.2) is 6.04 Å². The molecule has 0 saturated carbocycles. The highest BCUT2D eigenvalue weighted by atomic mass is 15.2. The summed E-state index contributed by atoms with van der Waals surface area (Å²) >= 11 is 0. The molecular weight excluding hydrogens is 627 g/mol. The number of para-hydroxylation sites is 1. The van der Waals surface area contributed by atoms with E-state index in [1.807, 2.05) is 170 Å². The standard InChI is InChI=1S/C51H39N/c1-2-42(34-41-33-39-21-10-12-25-46(39)51(41)38-19-7-4-8-20-38)52(50-28-16-15-24-45(50)36-17-5-3-6-18-36)43-31-29-37(30-32-43)49-35-40-22-9-11-23-44(40)47-26-13-14-27-48(47)49/h2-31,33-35,43,51H,1,32H2/b42-34+/i1D,2D,29D,30D,31D,32D,34D/b2-1?,42-34+. The average molecular weight is 673 g/mol. The van der Waals surface area contributed by atoms with Crippen molar-refractivity contribution in [2.45, 2.75) is 18.4 Å². The van der Waals surface area contributed by atoms with E-state index in [0.29, 0.717) is 22.4 Å². The van der Waals surface area contributed by atoms with Crippen LogP contribution in [-0.2, 0) is 0 Å². The molecule has 0 radical (unpaired) electrons. The van der Waals surface area contributed by atoms with E-state index in [-0.39, 0.29) is 47.4 Å². The molecule has 248 valence electrons. The molecule has 3 unspecified atom stereocenters. The van der Waals surface area contributed by atoms with Crippen LogP contribution in [0.4, 0.5) is 5.69 Å². The van der Waals surface area contributed by atoms with Crippen molar-refractivity contribution in [2.24, 2.45) is 0 Å². The number of hydrogen-bond acceptors (Lipinski definition) is 1. The number of hydrogen-bond donors (Lipinski definition) is 0. The number of anilines is 1. The lowest BCUT2D eigenvalue weighted by atomic mass is 9.87. The highest BCUT2D eigenvalue weighted by Gasteiger charge is 2.28. The summed E-state index contributed by atoms with van der Waals surface area (Å²) in [6.07, 6.45) is 0.528. The zero-order valence-electron chi connectivity index (χ0n) is 35.4. The lowest BCUT2D eigenvalue weighted by Crippen LogP contribution is -2.34. The first kappa shape index (κ1) is 24.7. The summed E-state index contributed by atoms with van der Waals surface area (Å²) in [6.45, 7) is 0.892. The molecule has 0 saturated heterocycles. The first-order valence-corrected chi connectivity index (χ1v) is 17.6. The second-order valence-corrected chi connectivity index (χ2v) is 13.0. The summed E-state index contributed by atoms with van der Waals surface area (Å²) in [4.78, 5) is 1.63. The molecular formula is C51H39N. The maximum absolute atomic E-state index is 10.1. The molecule has 0 spiro atoms. The molecule has 0 aliphatic heterocycles. The first-order chi connectivity index (χ1) is 28.8. The number of nitrogens with zero attached hydrogens (tertiary/aromatic N) is 1. The van der Waals surface area contributed by atoms with Crippen molar-refractivity contribution in [3.05, 3.63) is 234 Å². The number of rotatable bonds is 8. The zero-order chi connectivity index (χ0) is 40.8. The average Bonchev–Trinajstić information content (AvgIpc) is 3.68. The molecule has 3 atom stereocenters. The van der Waals surface area contributed by atoms with E-state index in [0.717, 1.165) is 50.4 Å². The third kappa shape index (κ3) is 5.71. The van der Waals surface area contributed by atoms with Gasteiger partial charge in [-0.3, -0.25) is 0 Å². The van der Waals surface area contributed by atoms with Crippen molar-refractivity contribution in [3.8, 4) is 11.1 Å². The fourth-order valence-electron chi connectivity index (χ4n) is 7.63. The second kappa shape index (κ2) is 13.7. The third-order valence-electron chi connectivity index (χ3n) is 10.00. The largest absolute Gasteiger partial charge is 0.334 e. The van der Waals surface area contributed by atoms with Crippen LogP contribution in [0.3, 0.4) is 0 Å². The predicted molar refractivity (Wildman–Crippen MR) is 222 cm³/mol. The summed E-state index contributed by atoms with van der Waals surface area (Å²) in [5.74, 6) is -0.366. The van der Waals surface area contributed by atoms with Gasteiger partial charge in [-0.1, -0.05) is 182 Å². The molecule has 0 N–H and O–H groups in total. The van der Waals surface area contributed by atoms with Crippen LogP contribution in [0.2, 0.25) is 0 Å². The molecule has 0 aromatic heterocycles.